The fourth-order valence-corrected chi connectivity index (χ4v) is 3.23. The van der Waals surface area contributed by atoms with Crippen LogP contribution in [0.5, 0.6) is 0 Å². The molecule has 0 spiro atoms. The summed E-state index contributed by atoms with van der Waals surface area (Å²) in [4.78, 5) is 12.5. The summed E-state index contributed by atoms with van der Waals surface area (Å²) in [6.07, 6.45) is 8.27. The Labute approximate surface area is 92.8 Å². The number of carbonyl (C=O) groups is 1. The largest absolute Gasteiger partial charge is 0.316 e. The van der Waals surface area contributed by atoms with Gasteiger partial charge in [0.15, 0.2) is 0 Å². The van der Waals surface area contributed by atoms with E-state index in [2.05, 4.69) is 12.2 Å². The maximum Gasteiger partial charge on any atom is 0.143 e. The second kappa shape index (κ2) is 4.65. The molecule has 15 heavy (non-hydrogen) atoms. The van der Waals surface area contributed by atoms with Crippen molar-refractivity contribution in [3.05, 3.63) is 0 Å². The summed E-state index contributed by atoms with van der Waals surface area (Å²) in [5.41, 5.74) is 0.00199. The van der Waals surface area contributed by atoms with Crippen molar-refractivity contribution >= 4 is 5.78 Å². The van der Waals surface area contributed by atoms with Crippen molar-refractivity contribution in [3.8, 4) is 0 Å². The Morgan fingerprint density at radius 1 is 1.33 bits per heavy atom. The van der Waals surface area contributed by atoms with Crippen LogP contribution in [-0.2, 0) is 4.79 Å². The molecule has 1 N–H and O–H groups in total. The number of Topliss-reactive ketones (excluding diaryl/α,β-unsaturated/α-hetero) is 1. The van der Waals surface area contributed by atoms with Crippen LogP contribution < -0.4 is 5.32 Å². The van der Waals surface area contributed by atoms with E-state index < -0.39 is 0 Å². The van der Waals surface area contributed by atoms with E-state index in [1.54, 1.807) is 0 Å². The Kier molecular flexibility index (Phi) is 3.45. The summed E-state index contributed by atoms with van der Waals surface area (Å²) in [7, 11) is 0. The van der Waals surface area contributed by atoms with E-state index in [9.17, 15) is 4.79 Å². The lowest BCUT2D eigenvalue weighted by molar-refractivity contribution is -0.133. The van der Waals surface area contributed by atoms with Crippen molar-refractivity contribution in [2.24, 2.45) is 11.3 Å². The molecule has 2 rings (SSSR count). The topological polar surface area (TPSA) is 29.1 Å². The Hall–Kier alpha value is -0.370. The lowest BCUT2D eigenvalue weighted by atomic mass is 9.71. The zero-order chi connectivity index (χ0) is 10.7. The molecule has 1 saturated carbocycles. The molecule has 1 aliphatic heterocycles. The Balaban J connectivity index is 2.03. The molecule has 0 bridgehead atoms. The van der Waals surface area contributed by atoms with Gasteiger partial charge in [-0.2, -0.15) is 0 Å². The van der Waals surface area contributed by atoms with E-state index in [1.807, 2.05) is 0 Å². The van der Waals surface area contributed by atoms with E-state index in [1.165, 1.54) is 19.3 Å². The van der Waals surface area contributed by atoms with Crippen molar-refractivity contribution in [2.45, 2.75) is 51.9 Å². The van der Waals surface area contributed by atoms with Crippen LogP contribution in [0, 0.1) is 11.3 Å². The van der Waals surface area contributed by atoms with Crippen LogP contribution in [0.4, 0.5) is 0 Å². The number of carbonyl (C=O) groups excluding carboxylic acids is 1. The highest BCUT2D eigenvalue weighted by atomic mass is 16.1. The smallest absolute Gasteiger partial charge is 0.143 e. The summed E-state index contributed by atoms with van der Waals surface area (Å²) in [6.45, 7) is 4.14. The van der Waals surface area contributed by atoms with Gasteiger partial charge in [-0.05, 0) is 32.2 Å². The Bertz CT molecular complexity index is 225. The number of ketones is 1. The van der Waals surface area contributed by atoms with Gasteiger partial charge in [-0.15, -0.1) is 0 Å². The van der Waals surface area contributed by atoms with Gasteiger partial charge in [-0.3, -0.25) is 4.79 Å². The van der Waals surface area contributed by atoms with Gasteiger partial charge < -0.3 is 5.32 Å². The molecule has 1 unspecified atom stereocenters. The van der Waals surface area contributed by atoms with Gasteiger partial charge in [0, 0.05) is 17.9 Å². The standard InChI is InChI=1S/C13H23NO/c1-2-13(8-9-14-10-13)12(15)11-6-4-3-5-7-11/h11,14H,2-10H2,1H3. The monoisotopic (exact) mass is 209 g/mol. The van der Waals surface area contributed by atoms with Crippen molar-refractivity contribution in [2.75, 3.05) is 13.1 Å². The number of nitrogens with one attached hydrogen (secondary N) is 1. The molecule has 0 aromatic carbocycles. The number of hydrogen-bond acceptors (Lipinski definition) is 2. The first kappa shape index (κ1) is 11.1. The molecule has 2 fully saturated rings. The first-order chi connectivity index (χ1) is 7.28. The first-order valence-corrected chi connectivity index (χ1v) is 6.53. The van der Waals surface area contributed by atoms with Gasteiger partial charge in [0.1, 0.15) is 5.78 Å². The summed E-state index contributed by atoms with van der Waals surface area (Å²) >= 11 is 0. The molecule has 1 saturated heterocycles. The maximum atomic E-state index is 12.5. The van der Waals surface area contributed by atoms with Crippen LogP contribution in [0.1, 0.15) is 51.9 Å². The highest BCUT2D eigenvalue weighted by Gasteiger charge is 2.42. The van der Waals surface area contributed by atoms with E-state index in [4.69, 9.17) is 0 Å². The molecule has 1 aliphatic carbocycles. The van der Waals surface area contributed by atoms with Crippen LogP contribution in [0.15, 0.2) is 0 Å². The van der Waals surface area contributed by atoms with E-state index in [-0.39, 0.29) is 5.41 Å². The average Bonchev–Trinajstić information content (AvgIpc) is 2.79. The second-order valence-corrected chi connectivity index (χ2v) is 5.26. The molecule has 2 nitrogen and oxygen atoms in total. The number of rotatable bonds is 3. The van der Waals surface area contributed by atoms with Gasteiger partial charge in [-0.1, -0.05) is 26.2 Å². The van der Waals surface area contributed by atoms with Gasteiger partial charge in [0.25, 0.3) is 0 Å². The van der Waals surface area contributed by atoms with Crippen LogP contribution in [0.2, 0.25) is 0 Å². The highest BCUT2D eigenvalue weighted by molar-refractivity contribution is 5.87. The predicted molar refractivity (Wildman–Crippen MR) is 61.8 cm³/mol. The van der Waals surface area contributed by atoms with E-state index in [0.29, 0.717) is 11.7 Å². The molecule has 2 heteroatoms. The minimum absolute atomic E-state index is 0.00199. The van der Waals surface area contributed by atoms with E-state index >= 15 is 0 Å². The van der Waals surface area contributed by atoms with E-state index in [0.717, 1.165) is 38.8 Å². The third-order valence-corrected chi connectivity index (χ3v) is 4.42. The minimum Gasteiger partial charge on any atom is -0.316 e. The highest BCUT2D eigenvalue weighted by Crippen LogP contribution is 2.37. The molecule has 2 aliphatic rings. The van der Waals surface area contributed by atoms with Gasteiger partial charge in [0.05, 0.1) is 0 Å². The summed E-state index contributed by atoms with van der Waals surface area (Å²) in [6, 6.07) is 0. The van der Waals surface area contributed by atoms with Crippen molar-refractivity contribution in [1.29, 1.82) is 0 Å². The zero-order valence-electron chi connectivity index (χ0n) is 9.85. The Morgan fingerprint density at radius 2 is 2.07 bits per heavy atom. The molecule has 1 heterocycles. The molecule has 0 amide bonds. The summed E-state index contributed by atoms with van der Waals surface area (Å²) in [5, 5.41) is 3.36. The SMILES string of the molecule is CCC1(C(=O)C2CCCCC2)CCNC1. The molecule has 86 valence electrons. The van der Waals surface area contributed by atoms with Crippen LogP contribution in [-0.4, -0.2) is 18.9 Å². The van der Waals surface area contributed by atoms with Crippen molar-refractivity contribution in [3.63, 3.8) is 0 Å². The molecule has 0 radical (unpaired) electrons. The molecule has 1 atom stereocenters. The van der Waals surface area contributed by atoms with Gasteiger partial charge >= 0.3 is 0 Å². The summed E-state index contributed by atoms with van der Waals surface area (Å²) in [5.74, 6) is 0.966. The zero-order valence-corrected chi connectivity index (χ0v) is 9.85. The maximum absolute atomic E-state index is 12.5. The van der Waals surface area contributed by atoms with Crippen LogP contribution in [0.25, 0.3) is 0 Å². The minimum atomic E-state index is 0.00199. The van der Waals surface area contributed by atoms with Crippen molar-refractivity contribution < 1.29 is 4.79 Å². The second-order valence-electron chi connectivity index (χ2n) is 5.26. The molecule has 0 aromatic heterocycles. The lowest BCUT2D eigenvalue weighted by Crippen LogP contribution is -2.38. The fourth-order valence-electron chi connectivity index (χ4n) is 3.23. The molecular weight excluding hydrogens is 186 g/mol. The van der Waals surface area contributed by atoms with Crippen LogP contribution >= 0.6 is 0 Å². The van der Waals surface area contributed by atoms with Gasteiger partial charge in [0.2, 0.25) is 0 Å². The summed E-state index contributed by atoms with van der Waals surface area (Å²) < 4.78 is 0. The predicted octanol–water partition coefficient (Wildman–Crippen LogP) is 2.53. The van der Waals surface area contributed by atoms with Crippen molar-refractivity contribution in [1.82, 2.24) is 5.32 Å². The third kappa shape index (κ3) is 2.10. The third-order valence-electron chi connectivity index (χ3n) is 4.42. The Morgan fingerprint density at radius 3 is 2.60 bits per heavy atom. The first-order valence-electron chi connectivity index (χ1n) is 6.53. The fraction of sp³-hybridized carbons (Fsp3) is 0.923. The van der Waals surface area contributed by atoms with Gasteiger partial charge in [-0.25, -0.2) is 0 Å². The quantitative estimate of drug-likeness (QED) is 0.774. The molecular formula is C13H23NO. The lowest BCUT2D eigenvalue weighted by Gasteiger charge is -2.31. The molecule has 0 aromatic rings. The normalized spacial score (nSPS) is 33.1. The van der Waals surface area contributed by atoms with Crippen LogP contribution in [0.3, 0.4) is 0 Å². The number of hydrogen-bond donors (Lipinski definition) is 1. The average molecular weight is 209 g/mol.